The van der Waals surface area contributed by atoms with Gasteiger partial charge in [-0.1, -0.05) is 29.3 Å². The van der Waals surface area contributed by atoms with Crippen molar-refractivity contribution < 1.29 is 8.42 Å². The molecule has 0 amide bonds. The smallest absolute Gasteiger partial charge is 0.200 e. The number of halogens is 3. The molecule has 1 aliphatic rings. The molecule has 2 aromatic carbocycles. The average Bonchev–Trinajstić information content (AvgIpc) is 2.58. The molecule has 8 heteroatoms. The summed E-state index contributed by atoms with van der Waals surface area (Å²) in [5, 5.41) is 5.24. The van der Waals surface area contributed by atoms with Crippen LogP contribution in [0.2, 0.25) is 10.0 Å². The van der Waals surface area contributed by atoms with Crippen molar-refractivity contribution in [3.8, 4) is 0 Å². The Kier molecular flexibility index (Phi) is 5.39. The Balaban J connectivity index is 1.96. The average molecular weight is 495 g/mol. The van der Waals surface area contributed by atoms with E-state index in [1.54, 1.807) is 42.5 Å². The molecule has 2 aromatic rings. The predicted octanol–water partition coefficient (Wildman–Crippen LogP) is 4.79. The fourth-order valence-electron chi connectivity index (χ4n) is 2.40. The zero-order chi connectivity index (χ0) is 17.3. The molecule has 0 aromatic heterocycles. The quantitative estimate of drug-likeness (QED) is 0.576. The van der Waals surface area contributed by atoms with E-state index in [1.165, 1.54) is 0 Å². The fourth-order valence-corrected chi connectivity index (χ4v) is 4.35. The van der Waals surface area contributed by atoms with Crippen LogP contribution in [0.15, 0.2) is 52.5 Å². The zero-order valence-corrected chi connectivity index (χ0v) is 16.9. The molecular formula is C16H13Cl2IN2O2S. The van der Waals surface area contributed by atoms with E-state index >= 15 is 0 Å². The maximum atomic E-state index is 12.8. The van der Waals surface area contributed by atoms with Crippen LogP contribution in [0.4, 0.5) is 0 Å². The molecule has 0 saturated heterocycles. The van der Waals surface area contributed by atoms with Crippen LogP contribution in [0.1, 0.15) is 18.4 Å². The number of rotatable bonds is 3. The molecule has 24 heavy (non-hydrogen) atoms. The van der Waals surface area contributed by atoms with E-state index in [2.05, 4.69) is 27.7 Å². The first kappa shape index (κ1) is 18.0. The molecule has 0 N–H and O–H groups in total. The Labute approximate surface area is 164 Å². The number of hydrogen-bond acceptors (Lipinski definition) is 3. The van der Waals surface area contributed by atoms with Gasteiger partial charge in [-0.3, -0.25) is 0 Å². The van der Waals surface area contributed by atoms with Crippen molar-refractivity contribution in [2.45, 2.75) is 17.7 Å². The highest BCUT2D eigenvalue weighted by molar-refractivity contribution is 14.1. The lowest BCUT2D eigenvalue weighted by molar-refractivity contribution is 0.410. The highest BCUT2D eigenvalue weighted by Gasteiger charge is 2.26. The number of hydrazone groups is 1. The zero-order valence-electron chi connectivity index (χ0n) is 12.4. The summed E-state index contributed by atoms with van der Waals surface area (Å²) in [6.07, 6.45) is 1.39. The summed E-state index contributed by atoms with van der Waals surface area (Å²) in [5.41, 5.74) is 1.47. The van der Waals surface area contributed by atoms with Crippen molar-refractivity contribution in [2.24, 2.45) is 5.10 Å². The van der Waals surface area contributed by atoms with Gasteiger partial charge in [-0.25, -0.2) is 0 Å². The van der Waals surface area contributed by atoms with Crippen LogP contribution in [0, 0.1) is 3.57 Å². The predicted molar refractivity (Wildman–Crippen MR) is 105 cm³/mol. The Morgan fingerprint density at radius 3 is 2.42 bits per heavy atom. The normalized spacial score (nSPS) is 15.3. The van der Waals surface area contributed by atoms with E-state index in [1.807, 2.05) is 0 Å². The second-order valence-corrected chi connectivity index (χ2v) is 9.19. The van der Waals surface area contributed by atoms with Gasteiger partial charge in [-0.05, 0) is 77.4 Å². The van der Waals surface area contributed by atoms with Crippen molar-refractivity contribution in [3.63, 3.8) is 0 Å². The molecular weight excluding hydrogens is 482 g/mol. The molecule has 4 nitrogen and oxygen atoms in total. The molecule has 3 rings (SSSR count). The second kappa shape index (κ2) is 7.19. The van der Waals surface area contributed by atoms with Gasteiger partial charge < -0.3 is 0 Å². The minimum atomic E-state index is -3.65. The van der Waals surface area contributed by atoms with E-state index in [9.17, 15) is 8.42 Å². The van der Waals surface area contributed by atoms with Crippen LogP contribution in [-0.2, 0) is 10.0 Å². The topological polar surface area (TPSA) is 49.7 Å². The van der Waals surface area contributed by atoms with Crippen molar-refractivity contribution >= 4 is 61.5 Å². The number of sulfonamides is 1. The lowest BCUT2D eigenvalue weighted by Crippen LogP contribution is -2.32. The summed E-state index contributed by atoms with van der Waals surface area (Å²) < 4.78 is 27.7. The first-order valence-electron chi connectivity index (χ1n) is 7.19. The summed E-state index contributed by atoms with van der Waals surface area (Å²) in [4.78, 5) is 0.238. The molecule has 0 fully saturated rings. The minimum absolute atomic E-state index is 0.238. The van der Waals surface area contributed by atoms with E-state index in [0.717, 1.165) is 13.5 Å². The third-order valence-corrected chi connectivity index (χ3v) is 6.78. The van der Waals surface area contributed by atoms with E-state index in [0.29, 0.717) is 35.1 Å². The molecule has 126 valence electrons. The Morgan fingerprint density at radius 1 is 1.04 bits per heavy atom. The second-order valence-electron chi connectivity index (χ2n) is 5.28. The summed E-state index contributed by atoms with van der Waals surface area (Å²) in [7, 11) is -3.65. The highest BCUT2D eigenvalue weighted by Crippen LogP contribution is 2.26. The SMILES string of the molecule is O=S(=O)(c1ccc(I)cc1)N1CCCC(c2ccc(Cl)c(Cl)c2)=N1. The van der Waals surface area contributed by atoms with Gasteiger partial charge in [0.05, 0.1) is 27.2 Å². The highest BCUT2D eigenvalue weighted by atomic mass is 127. The first-order valence-corrected chi connectivity index (χ1v) is 10.5. The number of benzene rings is 2. The Bertz CT molecular complexity index is 899. The van der Waals surface area contributed by atoms with Crippen molar-refractivity contribution in [1.29, 1.82) is 0 Å². The van der Waals surface area contributed by atoms with Gasteiger partial charge in [-0.2, -0.15) is 17.9 Å². The standard InChI is InChI=1S/C16H13Cl2IN2O2S/c17-14-8-3-11(10-15(14)18)16-2-1-9-21(20-16)24(22,23)13-6-4-12(19)5-7-13/h3-8,10H,1-2,9H2. The van der Waals surface area contributed by atoms with Gasteiger partial charge in [0.1, 0.15) is 0 Å². The maximum absolute atomic E-state index is 12.8. The van der Waals surface area contributed by atoms with Gasteiger partial charge in [-0.15, -0.1) is 0 Å². The van der Waals surface area contributed by atoms with E-state index in [-0.39, 0.29) is 4.90 Å². The molecule has 0 bridgehead atoms. The third kappa shape index (κ3) is 3.71. The summed E-state index contributed by atoms with van der Waals surface area (Å²) in [5.74, 6) is 0. The number of nitrogens with zero attached hydrogens (tertiary/aromatic N) is 2. The molecule has 0 atom stereocenters. The monoisotopic (exact) mass is 494 g/mol. The van der Waals surface area contributed by atoms with Crippen molar-refractivity contribution in [3.05, 3.63) is 61.6 Å². The van der Waals surface area contributed by atoms with Gasteiger partial charge in [0, 0.05) is 3.57 Å². The Hall–Kier alpha value is -0.830. The minimum Gasteiger partial charge on any atom is -0.200 e. The lowest BCUT2D eigenvalue weighted by atomic mass is 10.1. The molecule has 0 radical (unpaired) electrons. The van der Waals surface area contributed by atoms with Gasteiger partial charge in [0.15, 0.2) is 0 Å². The third-order valence-electron chi connectivity index (χ3n) is 3.64. The van der Waals surface area contributed by atoms with Crippen LogP contribution >= 0.6 is 45.8 Å². The van der Waals surface area contributed by atoms with Gasteiger partial charge >= 0.3 is 0 Å². The molecule has 0 spiro atoms. The molecule has 0 unspecified atom stereocenters. The van der Waals surface area contributed by atoms with Crippen LogP contribution in [0.3, 0.4) is 0 Å². The summed E-state index contributed by atoms with van der Waals surface area (Å²) in [6, 6.07) is 11.9. The van der Waals surface area contributed by atoms with Crippen LogP contribution < -0.4 is 0 Å². The molecule has 1 aliphatic heterocycles. The Morgan fingerprint density at radius 2 is 1.75 bits per heavy atom. The van der Waals surface area contributed by atoms with Crippen LogP contribution in [0.25, 0.3) is 0 Å². The summed E-state index contributed by atoms with van der Waals surface area (Å²) in [6.45, 7) is 0.360. The lowest BCUT2D eigenvalue weighted by Gasteiger charge is -2.25. The summed E-state index contributed by atoms with van der Waals surface area (Å²) >= 11 is 14.1. The molecule has 1 heterocycles. The maximum Gasteiger partial charge on any atom is 0.279 e. The van der Waals surface area contributed by atoms with E-state index < -0.39 is 10.0 Å². The molecule has 0 saturated carbocycles. The number of hydrogen-bond donors (Lipinski definition) is 0. The van der Waals surface area contributed by atoms with Gasteiger partial charge in [0.25, 0.3) is 10.0 Å². The fraction of sp³-hybridized carbons (Fsp3) is 0.188. The first-order chi connectivity index (χ1) is 11.4. The molecule has 0 aliphatic carbocycles. The van der Waals surface area contributed by atoms with Gasteiger partial charge in [0.2, 0.25) is 0 Å². The van der Waals surface area contributed by atoms with Crippen LogP contribution in [0.5, 0.6) is 0 Å². The van der Waals surface area contributed by atoms with Crippen molar-refractivity contribution in [2.75, 3.05) is 6.54 Å². The van der Waals surface area contributed by atoms with E-state index in [4.69, 9.17) is 23.2 Å². The van der Waals surface area contributed by atoms with Crippen molar-refractivity contribution in [1.82, 2.24) is 4.41 Å². The van der Waals surface area contributed by atoms with Crippen LogP contribution in [-0.4, -0.2) is 25.1 Å². The largest absolute Gasteiger partial charge is 0.279 e.